The largest absolute Gasteiger partial charge is 0.481 e. The van der Waals surface area contributed by atoms with Crippen LogP contribution in [0.5, 0.6) is 5.75 Å². The second-order valence-electron chi connectivity index (χ2n) is 6.83. The fraction of sp³-hybridized carbons (Fsp3) is 0.261. The maximum absolute atomic E-state index is 12.7. The maximum atomic E-state index is 12.7. The number of ether oxygens (including phenoxy) is 1. The summed E-state index contributed by atoms with van der Waals surface area (Å²) in [4.78, 5) is 29.5. The number of hydrogen-bond donors (Lipinski definition) is 1. The summed E-state index contributed by atoms with van der Waals surface area (Å²) in [6.45, 7) is 4.02. The van der Waals surface area contributed by atoms with Gasteiger partial charge in [-0.3, -0.25) is 9.59 Å². The van der Waals surface area contributed by atoms with Crippen molar-refractivity contribution >= 4 is 16.9 Å². The van der Waals surface area contributed by atoms with E-state index in [1.54, 1.807) is 16.7 Å². The molecule has 0 spiro atoms. The number of rotatable bonds is 5. The third kappa shape index (κ3) is 5.27. The van der Waals surface area contributed by atoms with Crippen molar-refractivity contribution in [3.05, 3.63) is 69.6 Å². The quantitative estimate of drug-likeness (QED) is 0.612. The predicted molar refractivity (Wildman–Crippen MR) is 113 cm³/mol. The number of fused-ring (bicyclic) bond motifs is 1. The fourth-order valence-corrected chi connectivity index (χ4v) is 2.98. The van der Waals surface area contributed by atoms with Crippen LogP contribution in [-0.2, 0) is 12.7 Å². The number of aryl methyl sites for hydroxylation is 2. The molecule has 32 heavy (non-hydrogen) atoms. The third-order valence-corrected chi connectivity index (χ3v) is 4.58. The van der Waals surface area contributed by atoms with E-state index in [1.807, 2.05) is 13.8 Å². The van der Waals surface area contributed by atoms with Crippen LogP contribution in [-0.4, -0.2) is 28.6 Å². The summed E-state index contributed by atoms with van der Waals surface area (Å²) < 4.78 is 45.0. The van der Waals surface area contributed by atoms with Gasteiger partial charge in [-0.15, -0.1) is 0 Å². The Labute approximate surface area is 182 Å². The first-order chi connectivity index (χ1) is 15.2. The standard InChI is InChI=1S/C23H20F3N3O3/c1-3-29-14-19(20(30)18-10-9-15(2)28-21(18)29)22(31)27-11-4-5-12-32-17-8-6-7-16(13-17)23(24,25)26/h6-10,13-14H,3,11-12H2,1-2H3,(H,27,31). The van der Waals surface area contributed by atoms with E-state index >= 15 is 0 Å². The van der Waals surface area contributed by atoms with Crippen LogP contribution < -0.4 is 15.5 Å². The zero-order chi connectivity index (χ0) is 23.3. The number of carbonyl (C=O) groups is 1. The summed E-state index contributed by atoms with van der Waals surface area (Å²) in [5.41, 5.74) is 0.0239. The smallest absolute Gasteiger partial charge is 0.416 e. The Hall–Kier alpha value is -3.80. The molecule has 0 radical (unpaired) electrons. The van der Waals surface area contributed by atoms with Crippen molar-refractivity contribution < 1.29 is 22.7 Å². The number of pyridine rings is 2. The molecule has 0 aliphatic carbocycles. The van der Waals surface area contributed by atoms with Crippen molar-refractivity contribution in [3.8, 4) is 17.6 Å². The lowest BCUT2D eigenvalue weighted by Crippen LogP contribution is -2.30. The van der Waals surface area contributed by atoms with Crippen molar-refractivity contribution in [1.82, 2.24) is 14.9 Å². The Bertz CT molecular complexity index is 1270. The van der Waals surface area contributed by atoms with Crippen molar-refractivity contribution in [2.75, 3.05) is 13.2 Å². The first-order valence-corrected chi connectivity index (χ1v) is 9.75. The van der Waals surface area contributed by atoms with Gasteiger partial charge in [0.2, 0.25) is 5.43 Å². The van der Waals surface area contributed by atoms with Crippen molar-refractivity contribution in [3.63, 3.8) is 0 Å². The van der Waals surface area contributed by atoms with Gasteiger partial charge in [0.1, 0.15) is 23.6 Å². The monoisotopic (exact) mass is 443 g/mol. The minimum absolute atomic E-state index is 0.0213. The van der Waals surface area contributed by atoms with Gasteiger partial charge >= 0.3 is 6.18 Å². The van der Waals surface area contributed by atoms with Gasteiger partial charge in [0.05, 0.1) is 17.5 Å². The van der Waals surface area contributed by atoms with Crippen LogP contribution in [0.2, 0.25) is 0 Å². The van der Waals surface area contributed by atoms with E-state index in [1.165, 1.54) is 18.3 Å². The van der Waals surface area contributed by atoms with E-state index in [4.69, 9.17) is 4.74 Å². The molecule has 6 nitrogen and oxygen atoms in total. The minimum Gasteiger partial charge on any atom is -0.481 e. The highest BCUT2D eigenvalue weighted by Gasteiger charge is 2.30. The lowest BCUT2D eigenvalue weighted by atomic mass is 10.1. The molecule has 0 saturated heterocycles. The van der Waals surface area contributed by atoms with E-state index in [0.29, 0.717) is 17.6 Å². The molecule has 0 aliphatic rings. The molecule has 3 aromatic rings. The molecule has 1 amide bonds. The number of aromatic nitrogens is 2. The third-order valence-electron chi connectivity index (χ3n) is 4.58. The molecular weight excluding hydrogens is 423 g/mol. The van der Waals surface area contributed by atoms with Crippen molar-refractivity contribution in [2.45, 2.75) is 26.6 Å². The highest BCUT2D eigenvalue weighted by molar-refractivity contribution is 5.97. The van der Waals surface area contributed by atoms with Crippen LogP contribution in [0.4, 0.5) is 13.2 Å². The van der Waals surface area contributed by atoms with Crippen LogP contribution in [0.25, 0.3) is 11.0 Å². The van der Waals surface area contributed by atoms with E-state index in [0.717, 1.165) is 17.8 Å². The summed E-state index contributed by atoms with van der Waals surface area (Å²) in [6.07, 6.45) is -2.99. The summed E-state index contributed by atoms with van der Waals surface area (Å²) >= 11 is 0. The second kappa shape index (κ2) is 9.56. The predicted octanol–water partition coefficient (Wildman–Crippen LogP) is 3.56. The maximum Gasteiger partial charge on any atom is 0.416 e. The molecule has 0 fully saturated rings. The Kier molecular flexibility index (Phi) is 6.83. The summed E-state index contributed by atoms with van der Waals surface area (Å²) in [5, 5.41) is 2.90. The molecule has 1 N–H and O–H groups in total. The van der Waals surface area contributed by atoms with Gasteiger partial charge < -0.3 is 14.6 Å². The van der Waals surface area contributed by atoms with Crippen molar-refractivity contribution in [1.29, 1.82) is 0 Å². The Morgan fingerprint density at radius 3 is 2.72 bits per heavy atom. The number of alkyl halides is 3. The van der Waals surface area contributed by atoms with Crippen LogP contribution in [0.3, 0.4) is 0 Å². The molecular formula is C23H20F3N3O3. The van der Waals surface area contributed by atoms with E-state index in [2.05, 4.69) is 22.1 Å². The van der Waals surface area contributed by atoms with E-state index < -0.39 is 23.1 Å². The Morgan fingerprint density at radius 1 is 1.22 bits per heavy atom. The number of amides is 1. The minimum atomic E-state index is -4.46. The molecule has 0 atom stereocenters. The van der Waals surface area contributed by atoms with Crippen LogP contribution in [0.15, 0.2) is 47.4 Å². The molecule has 1 aromatic carbocycles. The van der Waals surface area contributed by atoms with Crippen LogP contribution in [0, 0.1) is 18.8 Å². The van der Waals surface area contributed by atoms with Gasteiger partial charge in [-0.05, 0) is 44.2 Å². The highest BCUT2D eigenvalue weighted by atomic mass is 19.4. The zero-order valence-corrected chi connectivity index (χ0v) is 17.4. The number of benzene rings is 1. The summed E-state index contributed by atoms with van der Waals surface area (Å²) in [7, 11) is 0. The normalized spacial score (nSPS) is 11.0. The van der Waals surface area contributed by atoms with Gasteiger partial charge in [0.25, 0.3) is 5.91 Å². The molecule has 0 aliphatic heterocycles. The molecule has 2 aromatic heterocycles. The lowest BCUT2D eigenvalue weighted by molar-refractivity contribution is -0.137. The van der Waals surface area contributed by atoms with Gasteiger partial charge in [0, 0.05) is 18.4 Å². The van der Waals surface area contributed by atoms with Crippen LogP contribution in [0.1, 0.15) is 28.5 Å². The second-order valence-corrected chi connectivity index (χ2v) is 6.83. The molecule has 9 heteroatoms. The highest BCUT2D eigenvalue weighted by Crippen LogP contribution is 2.31. The molecule has 0 unspecified atom stereocenters. The first kappa shape index (κ1) is 22.9. The molecule has 3 rings (SSSR count). The Morgan fingerprint density at radius 2 is 2.00 bits per heavy atom. The fourth-order valence-electron chi connectivity index (χ4n) is 2.98. The van der Waals surface area contributed by atoms with Gasteiger partial charge in [-0.25, -0.2) is 4.98 Å². The number of nitrogens with zero attached hydrogens (tertiary/aromatic N) is 2. The van der Waals surface area contributed by atoms with Gasteiger partial charge in [-0.1, -0.05) is 17.9 Å². The van der Waals surface area contributed by atoms with Crippen LogP contribution >= 0.6 is 0 Å². The SMILES string of the molecule is CCn1cc(C(=O)NCC#CCOc2cccc(C(F)(F)F)c2)c(=O)c2ccc(C)nc21. The lowest BCUT2D eigenvalue weighted by Gasteiger charge is -2.11. The molecule has 0 bridgehead atoms. The average Bonchev–Trinajstić information content (AvgIpc) is 2.76. The topological polar surface area (TPSA) is 73.2 Å². The van der Waals surface area contributed by atoms with Gasteiger partial charge in [0.15, 0.2) is 0 Å². The zero-order valence-electron chi connectivity index (χ0n) is 17.4. The summed E-state index contributed by atoms with van der Waals surface area (Å²) in [6, 6.07) is 7.83. The van der Waals surface area contributed by atoms with E-state index in [9.17, 15) is 22.8 Å². The molecule has 166 valence electrons. The number of hydrogen-bond acceptors (Lipinski definition) is 4. The van der Waals surface area contributed by atoms with Gasteiger partial charge in [-0.2, -0.15) is 13.2 Å². The Balaban J connectivity index is 1.62. The average molecular weight is 443 g/mol. The molecule has 2 heterocycles. The number of nitrogens with one attached hydrogen (secondary N) is 1. The summed E-state index contributed by atoms with van der Waals surface area (Å²) in [5.74, 6) is 4.72. The number of halogens is 3. The number of carbonyl (C=O) groups excluding carboxylic acids is 1. The first-order valence-electron chi connectivity index (χ1n) is 9.75. The molecule has 0 saturated carbocycles. The van der Waals surface area contributed by atoms with Crippen molar-refractivity contribution in [2.24, 2.45) is 0 Å². The van der Waals surface area contributed by atoms with E-state index in [-0.39, 0.29) is 24.5 Å².